The van der Waals surface area contributed by atoms with Gasteiger partial charge in [0.15, 0.2) is 11.5 Å². The number of carbonyl (C=O) groups is 1. The molecule has 1 aromatic carbocycles. The molecule has 5 nitrogen and oxygen atoms in total. The Morgan fingerprint density at radius 3 is 2.76 bits per heavy atom. The number of anilines is 1. The molecule has 0 atom stereocenters. The second-order valence-electron chi connectivity index (χ2n) is 5.47. The lowest BCUT2D eigenvalue weighted by molar-refractivity contribution is -0.116. The fourth-order valence-corrected chi connectivity index (χ4v) is 2.93. The molecule has 0 aliphatic carbocycles. The summed E-state index contributed by atoms with van der Waals surface area (Å²) in [6, 6.07) is 3.39. The van der Waals surface area contributed by atoms with Crippen LogP contribution in [0.25, 0.3) is 0 Å². The first-order valence-electron chi connectivity index (χ1n) is 7.32. The zero-order chi connectivity index (χ0) is 14.7. The van der Waals surface area contributed by atoms with Gasteiger partial charge in [0, 0.05) is 18.6 Å². The van der Waals surface area contributed by atoms with Gasteiger partial charge in [0.1, 0.15) is 0 Å². The zero-order valence-corrected chi connectivity index (χ0v) is 12.5. The van der Waals surface area contributed by atoms with Crippen LogP contribution in [0.3, 0.4) is 0 Å². The van der Waals surface area contributed by atoms with Crippen molar-refractivity contribution in [3.8, 4) is 11.5 Å². The highest BCUT2D eigenvalue weighted by molar-refractivity contribution is 6.34. The summed E-state index contributed by atoms with van der Waals surface area (Å²) in [6.07, 6.45) is 3.75. The topological polar surface area (TPSA) is 59.6 Å². The predicted octanol–water partition coefficient (Wildman–Crippen LogP) is 2.79. The smallest absolute Gasteiger partial charge is 0.231 e. The van der Waals surface area contributed by atoms with E-state index in [1.807, 2.05) is 0 Å². The molecule has 0 bridgehead atoms. The van der Waals surface area contributed by atoms with Crippen molar-refractivity contribution in [1.82, 2.24) is 5.32 Å². The first-order valence-corrected chi connectivity index (χ1v) is 7.70. The average molecular weight is 311 g/mol. The number of nitrogens with one attached hydrogen (secondary N) is 2. The largest absolute Gasteiger partial charge is 0.454 e. The van der Waals surface area contributed by atoms with E-state index >= 15 is 0 Å². The minimum atomic E-state index is -0.00528. The summed E-state index contributed by atoms with van der Waals surface area (Å²) in [5.41, 5.74) is 0.580. The van der Waals surface area contributed by atoms with Gasteiger partial charge < -0.3 is 20.1 Å². The average Bonchev–Trinajstić information content (AvgIpc) is 2.94. The quantitative estimate of drug-likeness (QED) is 0.898. The summed E-state index contributed by atoms with van der Waals surface area (Å²) < 4.78 is 10.5. The van der Waals surface area contributed by atoms with Crippen molar-refractivity contribution in [3.63, 3.8) is 0 Å². The first kappa shape index (κ1) is 14.5. The summed E-state index contributed by atoms with van der Waals surface area (Å²) >= 11 is 6.14. The number of rotatable bonds is 4. The minimum absolute atomic E-state index is 0.00528. The van der Waals surface area contributed by atoms with Crippen LogP contribution >= 0.6 is 11.6 Å². The van der Waals surface area contributed by atoms with Gasteiger partial charge in [-0.25, -0.2) is 0 Å². The SMILES string of the molecule is O=C(CCC1CCNCC1)Nc1cc2c(cc1Cl)OCO2. The van der Waals surface area contributed by atoms with Crippen LogP contribution in [0.5, 0.6) is 11.5 Å². The van der Waals surface area contributed by atoms with Crippen molar-refractivity contribution >= 4 is 23.2 Å². The van der Waals surface area contributed by atoms with Gasteiger partial charge in [0.25, 0.3) is 0 Å². The van der Waals surface area contributed by atoms with Gasteiger partial charge in [-0.05, 0) is 38.3 Å². The third-order valence-corrected chi connectivity index (χ3v) is 4.29. The molecule has 2 N–H and O–H groups in total. The lowest BCUT2D eigenvalue weighted by Gasteiger charge is -2.22. The van der Waals surface area contributed by atoms with Gasteiger partial charge in [0.05, 0.1) is 10.7 Å². The molecule has 2 aliphatic heterocycles. The van der Waals surface area contributed by atoms with E-state index in [0.29, 0.717) is 34.5 Å². The van der Waals surface area contributed by atoms with E-state index in [-0.39, 0.29) is 12.7 Å². The summed E-state index contributed by atoms with van der Waals surface area (Å²) in [7, 11) is 0. The molecule has 2 heterocycles. The van der Waals surface area contributed by atoms with Crippen molar-refractivity contribution in [2.24, 2.45) is 5.92 Å². The molecule has 1 amide bonds. The number of fused-ring (bicyclic) bond motifs is 1. The Morgan fingerprint density at radius 1 is 1.29 bits per heavy atom. The monoisotopic (exact) mass is 310 g/mol. The number of halogens is 1. The second-order valence-corrected chi connectivity index (χ2v) is 5.87. The standard InChI is InChI=1S/C15H19ClN2O3/c16-11-7-13-14(21-9-20-13)8-12(11)18-15(19)2-1-10-3-5-17-6-4-10/h7-8,10,17H,1-6,9H2,(H,18,19). The first-order chi connectivity index (χ1) is 10.2. The van der Waals surface area contributed by atoms with Gasteiger partial charge in [-0.15, -0.1) is 0 Å². The van der Waals surface area contributed by atoms with Gasteiger partial charge in [0.2, 0.25) is 12.7 Å². The summed E-state index contributed by atoms with van der Waals surface area (Å²) in [4.78, 5) is 12.1. The fraction of sp³-hybridized carbons (Fsp3) is 0.533. The Morgan fingerprint density at radius 2 is 2.00 bits per heavy atom. The highest BCUT2D eigenvalue weighted by Gasteiger charge is 2.18. The van der Waals surface area contributed by atoms with Gasteiger partial charge in [-0.1, -0.05) is 11.6 Å². The molecule has 1 saturated heterocycles. The maximum Gasteiger partial charge on any atom is 0.231 e. The Hall–Kier alpha value is -1.46. The van der Waals surface area contributed by atoms with Crippen molar-refractivity contribution in [2.75, 3.05) is 25.2 Å². The molecule has 6 heteroatoms. The molecule has 114 valence electrons. The number of amides is 1. The molecule has 0 unspecified atom stereocenters. The van der Waals surface area contributed by atoms with E-state index in [4.69, 9.17) is 21.1 Å². The maximum absolute atomic E-state index is 12.1. The molecule has 0 radical (unpaired) electrons. The van der Waals surface area contributed by atoms with Crippen LogP contribution in [-0.4, -0.2) is 25.8 Å². The Labute approximate surface area is 128 Å². The number of hydrogen-bond donors (Lipinski definition) is 2. The van der Waals surface area contributed by atoms with E-state index < -0.39 is 0 Å². The van der Waals surface area contributed by atoms with Crippen LogP contribution in [0.4, 0.5) is 5.69 Å². The number of ether oxygens (including phenoxy) is 2. The molecule has 2 aliphatic rings. The number of piperidine rings is 1. The molecule has 0 spiro atoms. The molecule has 21 heavy (non-hydrogen) atoms. The second kappa shape index (κ2) is 6.54. The van der Waals surface area contributed by atoms with E-state index in [1.165, 1.54) is 0 Å². The van der Waals surface area contributed by atoms with Crippen LogP contribution in [0, 0.1) is 5.92 Å². The van der Waals surface area contributed by atoms with E-state index in [1.54, 1.807) is 12.1 Å². The number of benzene rings is 1. The van der Waals surface area contributed by atoms with Crippen LogP contribution in [-0.2, 0) is 4.79 Å². The number of carbonyl (C=O) groups excluding carboxylic acids is 1. The number of hydrogen-bond acceptors (Lipinski definition) is 4. The van der Waals surface area contributed by atoms with Crippen LogP contribution in [0.1, 0.15) is 25.7 Å². The normalized spacial score (nSPS) is 17.8. The molecule has 3 rings (SSSR count). The molecule has 1 aromatic rings. The molecular weight excluding hydrogens is 292 g/mol. The van der Waals surface area contributed by atoms with E-state index in [2.05, 4.69) is 10.6 Å². The van der Waals surface area contributed by atoms with Crippen molar-refractivity contribution in [3.05, 3.63) is 17.2 Å². The molecule has 0 aromatic heterocycles. The lowest BCUT2D eigenvalue weighted by Crippen LogP contribution is -2.28. The Balaban J connectivity index is 1.54. The summed E-state index contributed by atoms with van der Waals surface area (Å²) in [5, 5.41) is 6.65. The van der Waals surface area contributed by atoms with Crippen molar-refractivity contribution < 1.29 is 14.3 Å². The maximum atomic E-state index is 12.1. The Kier molecular flexibility index (Phi) is 4.51. The zero-order valence-electron chi connectivity index (χ0n) is 11.8. The Bertz CT molecular complexity index is 530. The fourth-order valence-electron chi connectivity index (χ4n) is 2.73. The predicted molar refractivity (Wildman–Crippen MR) is 81.0 cm³/mol. The van der Waals surface area contributed by atoms with E-state index in [0.717, 1.165) is 32.4 Å². The van der Waals surface area contributed by atoms with Crippen LogP contribution in [0.15, 0.2) is 12.1 Å². The van der Waals surface area contributed by atoms with Crippen LogP contribution < -0.4 is 20.1 Å². The van der Waals surface area contributed by atoms with Crippen molar-refractivity contribution in [2.45, 2.75) is 25.7 Å². The van der Waals surface area contributed by atoms with Gasteiger partial charge >= 0.3 is 0 Å². The van der Waals surface area contributed by atoms with Crippen molar-refractivity contribution in [1.29, 1.82) is 0 Å². The highest BCUT2D eigenvalue weighted by atomic mass is 35.5. The minimum Gasteiger partial charge on any atom is -0.454 e. The molecule has 1 fully saturated rings. The third-order valence-electron chi connectivity index (χ3n) is 3.97. The summed E-state index contributed by atoms with van der Waals surface area (Å²) in [5.74, 6) is 1.87. The summed E-state index contributed by atoms with van der Waals surface area (Å²) in [6.45, 7) is 2.30. The highest BCUT2D eigenvalue weighted by Crippen LogP contribution is 2.39. The lowest BCUT2D eigenvalue weighted by atomic mass is 9.93. The van der Waals surface area contributed by atoms with E-state index in [9.17, 15) is 4.79 Å². The molecule has 0 saturated carbocycles. The van der Waals surface area contributed by atoms with Crippen LogP contribution in [0.2, 0.25) is 5.02 Å². The van der Waals surface area contributed by atoms with Gasteiger partial charge in [-0.2, -0.15) is 0 Å². The third kappa shape index (κ3) is 3.60. The van der Waals surface area contributed by atoms with Gasteiger partial charge in [-0.3, -0.25) is 4.79 Å². The molecular formula is C15H19ClN2O3.